The number of halogens is 3. The Morgan fingerprint density at radius 3 is 2.18 bits per heavy atom. The summed E-state index contributed by atoms with van der Waals surface area (Å²) in [5.74, 6) is -1.17. The van der Waals surface area contributed by atoms with Gasteiger partial charge in [0.15, 0.2) is 0 Å². The van der Waals surface area contributed by atoms with E-state index in [4.69, 9.17) is 4.74 Å². The molecule has 2 aromatic rings. The average Bonchev–Trinajstić information content (AvgIpc) is 3.43. The molecular weight excluding hydrogens is 373 g/mol. The first kappa shape index (κ1) is 19.7. The van der Waals surface area contributed by atoms with Gasteiger partial charge in [-0.2, -0.15) is 13.2 Å². The van der Waals surface area contributed by atoms with E-state index in [1.807, 2.05) is 13.0 Å². The Hall–Kier alpha value is -3.03. The number of methoxy groups -OCH3 is 1. The van der Waals surface area contributed by atoms with Crippen LogP contribution in [0, 0.1) is 18.8 Å². The number of amides is 2. The quantitative estimate of drug-likeness (QED) is 0.800. The van der Waals surface area contributed by atoms with Crippen LogP contribution >= 0.6 is 0 Å². The van der Waals surface area contributed by atoms with Crippen molar-refractivity contribution in [2.24, 2.45) is 11.8 Å². The summed E-state index contributed by atoms with van der Waals surface area (Å²) < 4.78 is 42.9. The molecule has 2 unspecified atom stereocenters. The number of hydrogen-bond acceptors (Lipinski definition) is 3. The van der Waals surface area contributed by atoms with E-state index in [-0.39, 0.29) is 11.6 Å². The van der Waals surface area contributed by atoms with Crippen molar-refractivity contribution in [3.8, 4) is 5.75 Å². The minimum atomic E-state index is -4.43. The molecule has 1 aliphatic rings. The molecular formula is C20H19F3N2O3. The number of hydrogen-bond donors (Lipinski definition) is 2. The Balaban J connectivity index is 1.58. The third-order valence-corrected chi connectivity index (χ3v) is 4.56. The predicted octanol–water partition coefficient (Wildman–Crippen LogP) is 4.24. The molecule has 0 radical (unpaired) electrons. The lowest BCUT2D eigenvalue weighted by atomic mass is 10.2. The van der Waals surface area contributed by atoms with Crippen LogP contribution in [-0.4, -0.2) is 18.9 Å². The van der Waals surface area contributed by atoms with Crippen LogP contribution in [-0.2, 0) is 15.8 Å². The number of rotatable bonds is 5. The third kappa shape index (κ3) is 4.44. The summed E-state index contributed by atoms with van der Waals surface area (Å²) in [7, 11) is 1.50. The molecule has 8 heteroatoms. The second kappa shape index (κ2) is 7.53. The Bertz CT molecular complexity index is 895. The number of benzene rings is 2. The maximum absolute atomic E-state index is 12.6. The molecule has 0 aliphatic heterocycles. The van der Waals surface area contributed by atoms with Crippen LogP contribution in [0.15, 0.2) is 42.5 Å². The minimum absolute atomic E-state index is 0.254. The number of alkyl halides is 3. The van der Waals surface area contributed by atoms with Gasteiger partial charge in [0.25, 0.3) is 0 Å². The first-order chi connectivity index (χ1) is 13.2. The van der Waals surface area contributed by atoms with Gasteiger partial charge in [0.1, 0.15) is 5.75 Å². The first-order valence-corrected chi connectivity index (χ1v) is 8.62. The van der Waals surface area contributed by atoms with E-state index < -0.39 is 29.5 Å². The fourth-order valence-corrected chi connectivity index (χ4v) is 2.90. The van der Waals surface area contributed by atoms with Crippen molar-refractivity contribution in [2.45, 2.75) is 19.5 Å². The lowest BCUT2D eigenvalue weighted by Gasteiger charge is -2.11. The van der Waals surface area contributed by atoms with E-state index in [9.17, 15) is 22.8 Å². The molecule has 0 saturated heterocycles. The fraction of sp³-hybridized carbons (Fsp3) is 0.300. The summed E-state index contributed by atoms with van der Waals surface area (Å²) in [6.45, 7) is 1.88. The molecule has 1 aliphatic carbocycles. The lowest BCUT2D eigenvalue weighted by Crippen LogP contribution is -2.21. The Morgan fingerprint density at radius 1 is 1.00 bits per heavy atom. The molecule has 148 valence electrons. The zero-order valence-electron chi connectivity index (χ0n) is 15.3. The smallest absolute Gasteiger partial charge is 0.416 e. The molecule has 28 heavy (non-hydrogen) atoms. The zero-order chi connectivity index (χ0) is 20.5. The highest BCUT2D eigenvalue weighted by Crippen LogP contribution is 2.41. The third-order valence-electron chi connectivity index (χ3n) is 4.56. The molecule has 0 aromatic heterocycles. The molecule has 2 N–H and O–H groups in total. The highest BCUT2D eigenvalue weighted by Gasteiger charge is 2.48. The fourth-order valence-electron chi connectivity index (χ4n) is 2.90. The van der Waals surface area contributed by atoms with Gasteiger partial charge < -0.3 is 15.4 Å². The predicted molar refractivity (Wildman–Crippen MR) is 98.0 cm³/mol. The van der Waals surface area contributed by atoms with Gasteiger partial charge in [-0.1, -0.05) is 6.07 Å². The van der Waals surface area contributed by atoms with Crippen LogP contribution in [0.4, 0.5) is 24.5 Å². The van der Waals surface area contributed by atoms with E-state index in [2.05, 4.69) is 10.6 Å². The number of anilines is 2. The number of carbonyl (C=O) groups is 2. The van der Waals surface area contributed by atoms with Crippen molar-refractivity contribution < 1.29 is 27.5 Å². The summed E-state index contributed by atoms with van der Waals surface area (Å²) in [5.41, 5.74) is 0.940. The van der Waals surface area contributed by atoms with Crippen molar-refractivity contribution in [2.75, 3.05) is 17.7 Å². The maximum atomic E-state index is 12.6. The van der Waals surface area contributed by atoms with Crippen molar-refractivity contribution in [3.63, 3.8) is 0 Å². The topological polar surface area (TPSA) is 67.4 Å². The Morgan fingerprint density at radius 2 is 1.61 bits per heavy atom. The van der Waals surface area contributed by atoms with E-state index in [1.54, 1.807) is 12.1 Å². The van der Waals surface area contributed by atoms with Crippen LogP contribution < -0.4 is 15.4 Å². The zero-order valence-corrected chi connectivity index (χ0v) is 15.3. The molecule has 0 spiro atoms. The van der Waals surface area contributed by atoms with Crippen molar-refractivity contribution in [1.82, 2.24) is 0 Å². The first-order valence-electron chi connectivity index (χ1n) is 8.62. The molecule has 2 aromatic carbocycles. The second-order valence-electron chi connectivity index (χ2n) is 6.71. The van der Waals surface area contributed by atoms with Crippen LogP contribution in [0.3, 0.4) is 0 Å². The molecule has 0 bridgehead atoms. The SMILES string of the molecule is COc1ccc(C)cc1NC(=O)C1CC1C(=O)Nc1ccc(C(F)(F)F)cc1. The number of carbonyl (C=O) groups excluding carboxylic acids is 2. The van der Waals surface area contributed by atoms with Gasteiger partial charge in [-0.25, -0.2) is 0 Å². The summed E-state index contributed by atoms with van der Waals surface area (Å²) in [5, 5.41) is 5.32. The van der Waals surface area contributed by atoms with Crippen LogP contribution in [0.1, 0.15) is 17.5 Å². The number of aryl methyl sites for hydroxylation is 1. The van der Waals surface area contributed by atoms with E-state index >= 15 is 0 Å². The normalized spacial score (nSPS) is 18.3. The number of ether oxygens (including phenoxy) is 1. The largest absolute Gasteiger partial charge is 0.495 e. The molecule has 0 heterocycles. The van der Waals surface area contributed by atoms with Gasteiger partial charge in [-0.15, -0.1) is 0 Å². The standard InChI is InChI=1S/C20H19F3N2O3/c1-11-3-8-17(28-2)16(9-11)25-19(27)15-10-14(15)18(26)24-13-6-4-12(5-7-13)20(21,22)23/h3-9,14-15H,10H2,1-2H3,(H,24,26)(H,25,27). The molecule has 1 fully saturated rings. The van der Waals surface area contributed by atoms with Crippen LogP contribution in [0.25, 0.3) is 0 Å². The van der Waals surface area contributed by atoms with Gasteiger partial charge >= 0.3 is 6.18 Å². The van der Waals surface area contributed by atoms with E-state index in [1.165, 1.54) is 19.2 Å². The maximum Gasteiger partial charge on any atom is 0.416 e. The Labute approximate surface area is 159 Å². The second-order valence-corrected chi connectivity index (χ2v) is 6.71. The van der Waals surface area contributed by atoms with Gasteiger partial charge in [0.05, 0.1) is 30.2 Å². The summed E-state index contributed by atoms with van der Waals surface area (Å²) >= 11 is 0. The number of nitrogens with one attached hydrogen (secondary N) is 2. The van der Waals surface area contributed by atoms with Crippen molar-refractivity contribution in [3.05, 3.63) is 53.6 Å². The summed E-state index contributed by atoms with van der Waals surface area (Å²) in [4.78, 5) is 24.7. The van der Waals surface area contributed by atoms with E-state index in [0.29, 0.717) is 17.9 Å². The average molecular weight is 392 g/mol. The van der Waals surface area contributed by atoms with Gasteiger partial charge in [-0.05, 0) is 55.3 Å². The molecule has 2 amide bonds. The highest BCUT2D eigenvalue weighted by molar-refractivity contribution is 6.03. The Kier molecular flexibility index (Phi) is 5.31. The summed E-state index contributed by atoms with van der Waals surface area (Å²) in [6.07, 6.45) is -4.05. The molecule has 5 nitrogen and oxygen atoms in total. The minimum Gasteiger partial charge on any atom is -0.495 e. The van der Waals surface area contributed by atoms with Gasteiger partial charge in [-0.3, -0.25) is 9.59 Å². The summed E-state index contributed by atoms with van der Waals surface area (Å²) in [6, 6.07) is 9.55. The molecule has 3 rings (SSSR count). The van der Waals surface area contributed by atoms with Crippen molar-refractivity contribution >= 4 is 23.2 Å². The van der Waals surface area contributed by atoms with Gasteiger partial charge in [0, 0.05) is 5.69 Å². The van der Waals surface area contributed by atoms with Crippen LogP contribution in [0.2, 0.25) is 0 Å². The van der Waals surface area contributed by atoms with Crippen LogP contribution in [0.5, 0.6) is 5.75 Å². The lowest BCUT2D eigenvalue weighted by molar-refractivity contribution is -0.137. The molecule has 2 atom stereocenters. The van der Waals surface area contributed by atoms with Gasteiger partial charge in [0.2, 0.25) is 11.8 Å². The highest BCUT2D eigenvalue weighted by atomic mass is 19.4. The van der Waals surface area contributed by atoms with E-state index in [0.717, 1.165) is 17.7 Å². The molecule has 1 saturated carbocycles. The monoisotopic (exact) mass is 392 g/mol. The van der Waals surface area contributed by atoms with Crippen molar-refractivity contribution in [1.29, 1.82) is 0 Å².